The van der Waals surface area contributed by atoms with Crippen LogP contribution in [0.15, 0.2) is 30.6 Å². The molecule has 0 aliphatic carbocycles. The number of hydrogen-bond acceptors (Lipinski definition) is 3. The molecule has 4 nitrogen and oxygen atoms in total. The van der Waals surface area contributed by atoms with E-state index >= 15 is 0 Å². The minimum atomic E-state index is -1.02. The van der Waals surface area contributed by atoms with Gasteiger partial charge in [0.2, 0.25) is 12.4 Å². The first-order valence-corrected chi connectivity index (χ1v) is 10.6. The molecule has 0 saturated carbocycles. The first-order valence-electron chi connectivity index (χ1n) is 6.92. The molecule has 0 spiro atoms. The van der Waals surface area contributed by atoms with Crippen LogP contribution in [-0.4, -0.2) is 32.1 Å². The summed E-state index contributed by atoms with van der Waals surface area (Å²) in [6.07, 6.45) is 5.18. The number of nitrogens with zero attached hydrogens (tertiary/aromatic N) is 1. The second kappa shape index (κ2) is 7.97. The topological polar surface area (TPSA) is 62.1 Å². The van der Waals surface area contributed by atoms with Gasteiger partial charge < -0.3 is 10.5 Å². The van der Waals surface area contributed by atoms with E-state index in [1.165, 1.54) is 12.2 Å². The van der Waals surface area contributed by atoms with Crippen molar-refractivity contribution in [2.24, 2.45) is 5.73 Å². The van der Waals surface area contributed by atoms with Gasteiger partial charge in [0.25, 0.3) is 0 Å². The number of nitrogens with one attached hydrogen (secondary N) is 1. The summed E-state index contributed by atoms with van der Waals surface area (Å²) < 4.78 is 5.64. The minimum Gasteiger partial charge on any atom is -0.404 e. The van der Waals surface area contributed by atoms with Crippen LogP contribution in [0.5, 0.6) is 0 Å². The van der Waals surface area contributed by atoms with Gasteiger partial charge in [-0.3, -0.25) is 4.98 Å². The fourth-order valence-corrected chi connectivity index (χ4v) is 2.32. The molecule has 0 aliphatic rings. The Hall–Kier alpha value is -1.46. The predicted molar refractivity (Wildman–Crippen MR) is 86.3 cm³/mol. The SMILES string of the molecule is Cc1ccc(C(/C=C\N)=[NH+]\COCC[Si](C)(C)C)cn1. The smallest absolute Gasteiger partial charge is 0.246 e. The van der Waals surface area contributed by atoms with Crippen molar-refractivity contribution >= 4 is 13.8 Å². The zero-order valence-corrected chi connectivity index (χ0v) is 13.9. The van der Waals surface area contributed by atoms with E-state index < -0.39 is 8.07 Å². The Kier molecular flexibility index (Phi) is 6.61. The molecule has 0 fully saturated rings. The molecule has 1 aromatic rings. The Bertz CT molecular complexity index is 461. The highest BCUT2D eigenvalue weighted by Crippen LogP contribution is 2.06. The van der Waals surface area contributed by atoms with Gasteiger partial charge in [-0.15, -0.1) is 0 Å². The zero-order chi connectivity index (χ0) is 15.0. The van der Waals surface area contributed by atoms with Crippen LogP contribution >= 0.6 is 0 Å². The van der Waals surface area contributed by atoms with E-state index in [1.54, 1.807) is 0 Å². The average Bonchev–Trinajstić information content (AvgIpc) is 2.37. The Labute approximate surface area is 122 Å². The van der Waals surface area contributed by atoms with Crippen molar-refractivity contribution in [2.45, 2.75) is 32.6 Å². The molecule has 1 heterocycles. The number of hydrogen-bond donors (Lipinski definition) is 2. The highest BCUT2D eigenvalue weighted by Gasteiger charge is 2.12. The molecule has 0 amide bonds. The van der Waals surface area contributed by atoms with Gasteiger partial charge in [-0.1, -0.05) is 19.6 Å². The fourth-order valence-electron chi connectivity index (χ4n) is 1.56. The molecular weight excluding hydrogens is 266 g/mol. The first-order chi connectivity index (χ1) is 9.42. The van der Waals surface area contributed by atoms with E-state index in [9.17, 15) is 0 Å². The summed E-state index contributed by atoms with van der Waals surface area (Å²) >= 11 is 0. The van der Waals surface area contributed by atoms with Crippen LogP contribution in [0.4, 0.5) is 0 Å². The van der Waals surface area contributed by atoms with Gasteiger partial charge in [0.05, 0.1) is 12.2 Å². The first kappa shape index (κ1) is 16.6. The number of aromatic nitrogens is 1. The molecule has 20 heavy (non-hydrogen) atoms. The number of nitrogens with two attached hydrogens (primary N) is 1. The maximum atomic E-state index is 5.64. The van der Waals surface area contributed by atoms with Crippen molar-refractivity contribution < 1.29 is 9.73 Å². The Morgan fingerprint density at radius 1 is 1.40 bits per heavy atom. The van der Waals surface area contributed by atoms with Crippen LogP contribution in [0, 0.1) is 6.92 Å². The van der Waals surface area contributed by atoms with E-state index in [4.69, 9.17) is 10.5 Å². The van der Waals surface area contributed by atoms with Gasteiger partial charge in [-0.2, -0.15) is 0 Å². The van der Waals surface area contributed by atoms with Crippen molar-refractivity contribution in [3.05, 3.63) is 41.9 Å². The highest BCUT2D eigenvalue weighted by molar-refractivity contribution is 6.76. The summed E-state index contributed by atoms with van der Waals surface area (Å²) in [5, 5.41) is 0. The maximum absolute atomic E-state index is 5.64. The van der Waals surface area contributed by atoms with Crippen molar-refractivity contribution in [3.63, 3.8) is 0 Å². The molecular formula is C15H26N3OSi+. The molecule has 0 radical (unpaired) electrons. The molecule has 5 heteroatoms. The molecule has 0 aromatic carbocycles. The van der Waals surface area contributed by atoms with Gasteiger partial charge in [-0.25, -0.2) is 4.99 Å². The van der Waals surface area contributed by atoms with E-state index in [2.05, 4.69) is 29.6 Å². The quantitative estimate of drug-likeness (QED) is 0.342. The summed E-state index contributed by atoms with van der Waals surface area (Å²) in [5.74, 6) is 0. The van der Waals surface area contributed by atoms with Crippen LogP contribution in [0.1, 0.15) is 11.3 Å². The maximum Gasteiger partial charge on any atom is 0.246 e. The second-order valence-corrected chi connectivity index (χ2v) is 11.6. The Morgan fingerprint density at radius 3 is 2.70 bits per heavy atom. The average molecular weight is 292 g/mol. The largest absolute Gasteiger partial charge is 0.404 e. The van der Waals surface area contributed by atoms with Crippen LogP contribution in [0.2, 0.25) is 25.7 Å². The molecule has 1 aromatic heterocycles. The molecule has 0 bridgehead atoms. The summed E-state index contributed by atoms with van der Waals surface area (Å²) in [7, 11) is -1.02. The van der Waals surface area contributed by atoms with Crippen LogP contribution in [0.25, 0.3) is 0 Å². The number of allylic oxidation sites excluding steroid dienone is 1. The molecule has 0 aliphatic heterocycles. The molecule has 110 valence electrons. The normalized spacial score (nSPS) is 13.1. The summed E-state index contributed by atoms with van der Waals surface area (Å²) in [4.78, 5) is 7.53. The number of aryl methyl sites for hydroxylation is 1. The highest BCUT2D eigenvalue weighted by atomic mass is 28.3. The van der Waals surface area contributed by atoms with Crippen molar-refractivity contribution in [1.29, 1.82) is 0 Å². The molecule has 0 saturated heterocycles. The standard InChI is InChI=1S/C15H25N3OSi/c1-13-5-6-14(11-17-13)15(7-8-16)18-12-19-9-10-20(2,3)4/h5-8,11H,9-10,12,16H2,1-4H3/p+1/b8-7-,18-15-. The van der Waals surface area contributed by atoms with Gasteiger partial charge in [0.15, 0.2) is 0 Å². The molecule has 3 N–H and O–H groups in total. The molecule has 0 unspecified atom stereocenters. The Morgan fingerprint density at radius 2 is 2.15 bits per heavy atom. The van der Waals surface area contributed by atoms with Crippen molar-refractivity contribution in [3.8, 4) is 0 Å². The van der Waals surface area contributed by atoms with E-state index in [0.29, 0.717) is 6.73 Å². The van der Waals surface area contributed by atoms with Crippen molar-refractivity contribution in [1.82, 2.24) is 4.98 Å². The van der Waals surface area contributed by atoms with Gasteiger partial charge in [0.1, 0.15) is 0 Å². The van der Waals surface area contributed by atoms with Crippen LogP contribution in [0.3, 0.4) is 0 Å². The summed E-state index contributed by atoms with van der Waals surface area (Å²) in [6, 6.07) is 5.17. The lowest BCUT2D eigenvalue weighted by molar-refractivity contribution is -0.506. The van der Waals surface area contributed by atoms with Gasteiger partial charge in [0, 0.05) is 32.2 Å². The lowest BCUT2D eigenvalue weighted by Gasteiger charge is -2.13. The van der Waals surface area contributed by atoms with Crippen molar-refractivity contribution in [2.75, 3.05) is 13.3 Å². The van der Waals surface area contributed by atoms with E-state index in [0.717, 1.165) is 23.6 Å². The predicted octanol–water partition coefficient (Wildman–Crippen LogP) is 1.04. The third kappa shape index (κ3) is 6.63. The van der Waals surface area contributed by atoms with Gasteiger partial charge >= 0.3 is 0 Å². The number of pyridine rings is 1. The van der Waals surface area contributed by atoms with E-state index in [-0.39, 0.29) is 0 Å². The summed E-state index contributed by atoms with van der Waals surface area (Å²) in [6.45, 7) is 10.3. The molecule has 0 atom stereocenters. The van der Waals surface area contributed by atoms with Gasteiger partial charge in [-0.05, 0) is 25.1 Å². The third-order valence-corrected chi connectivity index (χ3v) is 4.55. The molecule has 1 rings (SSSR count). The fraction of sp³-hybridized carbons (Fsp3) is 0.467. The second-order valence-electron chi connectivity index (χ2n) is 6.00. The monoisotopic (exact) mass is 292 g/mol. The summed E-state index contributed by atoms with van der Waals surface area (Å²) in [5.41, 5.74) is 8.41. The Balaban J connectivity index is 2.58. The number of rotatable bonds is 7. The minimum absolute atomic E-state index is 0.484. The van der Waals surface area contributed by atoms with E-state index in [1.807, 2.05) is 31.3 Å². The number of ether oxygens (including phenoxy) is 1. The lowest BCUT2D eigenvalue weighted by Crippen LogP contribution is -2.73. The van der Waals surface area contributed by atoms with Crippen LogP contribution < -0.4 is 10.7 Å². The van der Waals surface area contributed by atoms with Crippen LogP contribution in [-0.2, 0) is 4.74 Å². The third-order valence-electron chi connectivity index (χ3n) is 2.85. The zero-order valence-electron chi connectivity index (χ0n) is 12.9. The lowest BCUT2D eigenvalue weighted by atomic mass is 10.1.